The molecule has 7 heteroatoms. The van der Waals surface area contributed by atoms with E-state index in [9.17, 15) is 0 Å². The van der Waals surface area contributed by atoms with Gasteiger partial charge in [0.2, 0.25) is 0 Å². The predicted molar refractivity (Wildman–Crippen MR) is 87.0 cm³/mol. The molecule has 0 saturated carbocycles. The summed E-state index contributed by atoms with van der Waals surface area (Å²) in [6, 6.07) is 5.55. The molecule has 0 spiro atoms. The van der Waals surface area contributed by atoms with Crippen LogP contribution in [-0.4, -0.2) is 23.5 Å². The van der Waals surface area contributed by atoms with E-state index in [2.05, 4.69) is 37.0 Å². The van der Waals surface area contributed by atoms with Crippen molar-refractivity contribution in [2.45, 2.75) is 12.6 Å². The summed E-state index contributed by atoms with van der Waals surface area (Å²) in [6.07, 6.45) is 1.61. The van der Waals surface area contributed by atoms with E-state index in [1.165, 1.54) is 0 Å². The third-order valence-electron chi connectivity index (χ3n) is 2.88. The molecule has 0 radical (unpaired) electrons. The molecule has 0 aliphatic heterocycles. The summed E-state index contributed by atoms with van der Waals surface area (Å²) < 4.78 is 8.77. The predicted octanol–water partition coefficient (Wildman–Crippen LogP) is 3.76. The van der Waals surface area contributed by atoms with Crippen LogP contribution in [0.2, 0.25) is 5.02 Å². The molecule has 20 heavy (non-hydrogen) atoms. The van der Waals surface area contributed by atoms with Crippen LogP contribution in [-0.2, 0) is 11.3 Å². The van der Waals surface area contributed by atoms with Crippen molar-refractivity contribution in [1.29, 1.82) is 0 Å². The van der Waals surface area contributed by atoms with Crippen molar-refractivity contribution in [1.82, 2.24) is 9.78 Å². The first-order chi connectivity index (χ1) is 9.52. The van der Waals surface area contributed by atoms with Crippen LogP contribution in [0.4, 0.5) is 0 Å². The Balaban J connectivity index is 2.36. The number of hydrogen-bond donors (Lipinski definition) is 1. The van der Waals surface area contributed by atoms with E-state index in [0.717, 1.165) is 20.2 Å². The van der Waals surface area contributed by atoms with Gasteiger partial charge in [0.25, 0.3) is 0 Å². The molecular weight excluding hydrogens is 409 g/mol. The zero-order chi connectivity index (χ0) is 14.7. The summed E-state index contributed by atoms with van der Waals surface area (Å²) in [6.45, 7) is 1.17. The molecule has 4 nitrogen and oxygen atoms in total. The molecule has 108 valence electrons. The smallest absolute Gasteiger partial charge is 0.0837 e. The maximum Gasteiger partial charge on any atom is 0.0837 e. The quantitative estimate of drug-likeness (QED) is 0.797. The maximum atomic E-state index is 6.34. The van der Waals surface area contributed by atoms with Gasteiger partial charge in [0.05, 0.1) is 36.1 Å². The maximum absolute atomic E-state index is 6.34. The van der Waals surface area contributed by atoms with E-state index >= 15 is 0 Å². The lowest BCUT2D eigenvalue weighted by Gasteiger charge is -2.16. The Hall–Kier alpha value is -0.400. The van der Waals surface area contributed by atoms with E-state index < -0.39 is 0 Å². The van der Waals surface area contributed by atoms with Crippen LogP contribution >= 0.6 is 43.5 Å². The van der Waals surface area contributed by atoms with Gasteiger partial charge in [-0.15, -0.1) is 0 Å². The fourth-order valence-corrected chi connectivity index (χ4v) is 3.54. The Kier molecular flexibility index (Phi) is 5.63. The fraction of sp³-hybridized carbons (Fsp3) is 0.308. The first-order valence-electron chi connectivity index (χ1n) is 5.94. The van der Waals surface area contributed by atoms with Crippen LogP contribution in [0.15, 0.2) is 33.3 Å². The zero-order valence-corrected chi connectivity index (χ0v) is 14.7. The highest BCUT2D eigenvalue weighted by atomic mass is 79.9. The highest BCUT2D eigenvalue weighted by Gasteiger charge is 2.19. The van der Waals surface area contributed by atoms with E-state index in [4.69, 9.17) is 22.1 Å². The van der Waals surface area contributed by atoms with Gasteiger partial charge < -0.3 is 10.5 Å². The molecule has 0 saturated heterocycles. The van der Waals surface area contributed by atoms with Gasteiger partial charge in [-0.2, -0.15) is 5.10 Å². The average molecular weight is 424 g/mol. The fourth-order valence-electron chi connectivity index (χ4n) is 1.95. The minimum absolute atomic E-state index is 0.351. The number of rotatable bonds is 5. The third kappa shape index (κ3) is 3.62. The van der Waals surface area contributed by atoms with E-state index in [1.807, 2.05) is 18.2 Å². The second kappa shape index (κ2) is 7.04. The van der Waals surface area contributed by atoms with Crippen LogP contribution in [0.25, 0.3) is 0 Å². The Morgan fingerprint density at radius 2 is 2.00 bits per heavy atom. The average Bonchev–Trinajstić information content (AvgIpc) is 2.75. The Bertz CT molecular complexity index is 583. The number of ether oxygens (including phenoxy) is 1. The lowest BCUT2D eigenvalue weighted by molar-refractivity contribution is 0.182. The van der Waals surface area contributed by atoms with Crippen molar-refractivity contribution >= 4 is 43.5 Å². The summed E-state index contributed by atoms with van der Waals surface area (Å²) in [7, 11) is 1.65. The standard InChI is InChI=1S/C13H14Br2ClN3O/c1-20-3-2-19-13(11(16)7-18-19)12(17)8-4-9(14)6-10(15)5-8/h4-7,12H,2-3,17H2,1H3. The lowest BCUT2D eigenvalue weighted by Crippen LogP contribution is -2.19. The van der Waals surface area contributed by atoms with Gasteiger partial charge in [-0.3, -0.25) is 4.68 Å². The summed E-state index contributed by atoms with van der Waals surface area (Å²) >= 11 is 13.1. The number of aromatic nitrogens is 2. The molecule has 0 amide bonds. The number of hydrogen-bond acceptors (Lipinski definition) is 3. The second-order valence-corrected chi connectivity index (χ2v) is 6.51. The number of halogens is 3. The van der Waals surface area contributed by atoms with Crippen molar-refractivity contribution in [3.8, 4) is 0 Å². The molecule has 1 heterocycles. The monoisotopic (exact) mass is 421 g/mol. The topological polar surface area (TPSA) is 53.1 Å². The summed E-state index contributed by atoms with van der Waals surface area (Å²) in [5.74, 6) is 0. The van der Waals surface area contributed by atoms with E-state index in [-0.39, 0.29) is 6.04 Å². The van der Waals surface area contributed by atoms with Crippen molar-refractivity contribution < 1.29 is 4.74 Å². The van der Waals surface area contributed by atoms with Crippen molar-refractivity contribution in [2.24, 2.45) is 5.73 Å². The highest BCUT2D eigenvalue weighted by Crippen LogP contribution is 2.30. The van der Waals surface area contributed by atoms with Gasteiger partial charge in [0.15, 0.2) is 0 Å². The molecule has 0 aliphatic carbocycles. The Labute approximate surface area is 139 Å². The molecule has 1 aromatic heterocycles. The van der Waals surface area contributed by atoms with Gasteiger partial charge in [0, 0.05) is 16.1 Å². The number of methoxy groups -OCH3 is 1. The summed E-state index contributed by atoms with van der Waals surface area (Å²) in [4.78, 5) is 0. The van der Waals surface area contributed by atoms with Gasteiger partial charge in [-0.05, 0) is 23.8 Å². The van der Waals surface area contributed by atoms with Crippen LogP contribution in [0.3, 0.4) is 0 Å². The molecule has 1 atom stereocenters. The highest BCUT2D eigenvalue weighted by molar-refractivity contribution is 9.11. The molecule has 1 unspecified atom stereocenters. The van der Waals surface area contributed by atoms with Gasteiger partial charge in [-0.1, -0.05) is 43.5 Å². The normalized spacial score (nSPS) is 12.7. The van der Waals surface area contributed by atoms with Crippen LogP contribution in [0.1, 0.15) is 17.3 Å². The summed E-state index contributed by atoms with van der Waals surface area (Å²) in [5.41, 5.74) is 8.08. The number of nitrogens with two attached hydrogens (primary N) is 1. The summed E-state index contributed by atoms with van der Waals surface area (Å²) in [5, 5.41) is 4.81. The molecule has 2 aromatic rings. The number of nitrogens with zero attached hydrogens (tertiary/aromatic N) is 2. The van der Waals surface area contributed by atoms with Gasteiger partial charge >= 0.3 is 0 Å². The van der Waals surface area contributed by atoms with Crippen LogP contribution < -0.4 is 5.73 Å². The van der Waals surface area contributed by atoms with E-state index in [1.54, 1.807) is 18.0 Å². The largest absolute Gasteiger partial charge is 0.383 e. The first kappa shape index (κ1) is 16.0. The third-order valence-corrected chi connectivity index (χ3v) is 4.09. The zero-order valence-electron chi connectivity index (χ0n) is 10.8. The minimum Gasteiger partial charge on any atom is -0.383 e. The van der Waals surface area contributed by atoms with Crippen LogP contribution in [0, 0.1) is 0 Å². The second-order valence-electron chi connectivity index (χ2n) is 4.27. The molecule has 2 rings (SSSR count). The molecule has 0 fully saturated rings. The first-order valence-corrected chi connectivity index (χ1v) is 7.91. The lowest BCUT2D eigenvalue weighted by atomic mass is 10.0. The molecule has 2 N–H and O–H groups in total. The molecule has 1 aromatic carbocycles. The van der Waals surface area contributed by atoms with Crippen molar-refractivity contribution in [3.63, 3.8) is 0 Å². The van der Waals surface area contributed by atoms with Gasteiger partial charge in [0.1, 0.15) is 0 Å². The van der Waals surface area contributed by atoms with Crippen LogP contribution in [0.5, 0.6) is 0 Å². The van der Waals surface area contributed by atoms with Crippen molar-refractivity contribution in [3.05, 3.63) is 49.6 Å². The Morgan fingerprint density at radius 3 is 2.60 bits per heavy atom. The van der Waals surface area contributed by atoms with Crippen molar-refractivity contribution in [2.75, 3.05) is 13.7 Å². The van der Waals surface area contributed by atoms with Gasteiger partial charge in [-0.25, -0.2) is 0 Å². The molecule has 0 aliphatic rings. The molecule has 0 bridgehead atoms. The number of benzene rings is 1. The minimum atomic E-state index is -0.351. The SMILES string of the molecule is COCCn1ncc(Cl)c1C(N)c1cc(Br)cc(Br)c1. The Morgan fingerprint density at radius 1 is 1.35 bits per heavy atom. The molecular formula is C13H14Br2ClN3O. The van der Waals surface area contributed by atoms with E-state index in [0.29, 0.717) is 18.2 Å².